The Labute approximate surface area is 115 Å². The van der Waals surface area contributed by atoms with Crippen molar-refractivity contribution in [2.45, 2.75) is 19.3 Å². The third kappa shape index (κ3) is 4.45. The van der Waals surface area contributed by atoms with E-state index in [2.05, 4.69) is 4.98 Å². The van der Waals surface area contributed by atoms with Gasteiger partial charge < -0.3 is 4.57 Å². The van der Waals surface area contributed by atoms with Gasteiger partial charge in [0.25, 0.3) is 0 Å². The molecule has 1 aliphatic heterocycles. The number of alkyl halides is 4. The van der Waals surface area contributed by atoms with Crippen molar-refractivity contribution in [2.75, 3.05) is 39.4 Å². The predicted octanol–water partition coefficient (Wildman–Crippen LogP) is 1.53. The van der Waals surface area contributed by atoms with Gasteiger partial charge in [-0.2, -0.15) is 13.2 Å². The number of aromatic nitrogens is 2. The van der Waals surface area contributed by atoms with Crippen LogP contribution in [0.1, 0.15) is 5.82 Å². The molecule has 0 radical (unpaired) electrons. The molecule has 114 valence electrons. The zero-order chi connectivity index (χ0) is 14.6. The Morgan fingerprint density at radius 3 is 2.35 bits per heavy atom. The minimum absolute atomic E-state index is 0.365. The molecule has 20 heavy (non-hydrogen) atoms. The number of piperazine rings is 1. The van der Waals surface area contributed by atoms with Crippen LogP contribution < -0.4 is 0 Å². The Balaban J connectivity index is 1.87. The van der Waals surface area contributed by atoms with E-state index in [0.717, 1.165) is 30.7 Å². The van der Waals surface area contributed by atoms with Crippen molar-refractivity contribution < 1.29 is 17.6 Å². The summed E-state index contributed by atoms with van der Waals surface area (Å²) in [5.41, 5.74) is 0. The van der Waals surface area contributed by atoms with Crippen molar-refractivity contribution >= 4 is 0 Å². The van der Waals surface area contributed by atoms with Crippen LogP contribution in [0.3, 0.4) is 0 Å². The summed E-state index contributed by atoms with van der Waals surface area (Å²) in [6.07, 6.45) is -1.50. The van der Waals surface area contributed by atoms with Crippen LogP contribution in [-0.4, -0.2) is 64.9 Å². The highest BCUT2D eigenvalue weighted by atomic mass is 19.4. The van der Waals surface area contributed by atoms with Gasteiger partial charge in [-0.05, 0) is 0 Å². The summed E-state index contributed by atoms with van der Waals surface area (Å²) in [6, 6.07) is 0. The van der Waals surface area contributed by atoms with Gasteiger partial charge in [-0.1, -0.05) is 0 Å². The van der Waals surface area contributed by atoms with Gasteiger partial charge >= 0.3 is 6.18 Å². The van der Waals surface area contributed by atoms with E-state index in [0.29, 0.717) is 18.9 Å². The summed E-state index contributed by atoms with van der Waals surface area (Å²) in [4.78, 5) is 8.06. The highest BCUT2D eigenvalue weighted by Crippen LogP contribution is 2.19. The maximum absolute atomic E-state index is 12.4. The minimum Gasteiger partial charge on any atom is -0.325 e. The number of nitrogens with zero attached hydrogens (tertiary/aromatic N) is 4. The van der Waals surface area contributed by atoms with Gasteiger partial charge in [0.2, 0.25) is 0 Å². The number of halogens is 4. The molecule has 1 saturated heterocycles. The van der Waals surface area contributed by atoms with E-state index >= 15 is 0 Å². The van der Waals surface area contributed by atoms with Crippen LogP contribution in [0.25, 0.3) is 0 Å². The molecular formula is C12H18F4N4. The van der Waals surface area contributed by atoms with Crippen molar-refractivity contribution in [3.63, 3.8) is 0 Å². The quantitative estimate of drug-likeness (QED) is 0.770. The summed E-state index contributed by atoms with van der Waals surface area (Å²) in [5.74, 6) is 0.418. The Morgan fingerprint density at radius 2 is 1.75 bits per heavy atom. The van der Waals surface area contributed by atoms with Crippen LogP contribution in [0.15, 0.2) is 12.4 Å². The molecule has 1 aromatic heterocycles. The summed E-state index contributed by atoms with van der Waals surface area (Å²) < 4.78 is 50.6. The highest BCUT2D eigenvalue weighted by Gasteiger charge is 2.29. The van der Waals surface area contributed by atoms with E-state index in [9.17, 15) is 17.6 Å². The molecule has 0 atom stereocenters. The smallest absolute Gasteiger partial charge is 0.325 e. The summed E-state index contributed by atoms with van der Waals surface area (Å²) in [5, 5.41) is 0. The minimum atomic E-state index is -4.24. The molecule has 0 amide bonds. The first-order valence-electron chi connectivity index (χ1n) is 6.55. The lowest BCUT2D eigenvalue weighted by Crippen LogP contribution is -2.46. The van der Waals surface area contributed by atoms with E-state index in [-0.39, 0.29) is 6.67 Å². The molecule has 0 N–H and O–H groups in total. The Kier molecular flexibility index (Phi) is 4.98. The second-order valence-electron chi connectivity index (χ2n) is 4.89. The summed E-state index contributed by atoms with van der Waals surface area (Å²) in [7, 11) is 0. The fourth-order valence-corrected chi connectivity index (χ4v) is 2.32. The summed E-state index contributed by atoms with van der Waals surface area (Å²) in [6.45, 7) is 2.37. The number of hydrogen-bond acceptors (Lipinski definition) is 3. The molecular weight excluding hydrogens is 276 g/mol. The molecule has 8 heteroatoms. The maximum Gasteiger partial charge on any atom is 0.406 e. The van der Waals surface area contributed by atoms with Gasteiger partial charge in [0, 0.05) is 45.1 Å². The van der Waals surface area contributed by atoms with Gasteiger partial charge in [-0.25, -0.2) is 9.37 Å². The second-order valence-corrected chi connectivity index (χ2v) is 4.89. The standard InChI is InChI=1S/C12H18F4N4/c13-1-3-18-5-7-19(8-6-18)9-11-17-2-4-20(11)10-12(14,15)16/h2,4H,1,3,5-10H2. The fourth-order valence-electron chi connectivity index (χ4n) is 2.32. The van der Waals surface area contributed by atoms with Crippen molar-refractivity contribution in [3.8, 4) is 0 Å². The molecule has 2 heterocycles. The molecule has 0 aromatic carbocycles. The predicted molar refractivity (Wildman–Crippen MR) is 66.0 cm³/mol. The first kappa shape index (κ1) is 15.2. The Hall–Kier alpha value is -1.15. The van der Waals surface area contributed by atoms with Gasteiger partial charge in [-0.3, -0.25) is 9.80 Å². The van der Waals surface area contributed by atoms with E-state index in [4.69, 9.17) is 0 Å². The molecule has 0 spiro atoms. The average molecular weight is 294 g/mol. The molecule has 0 aliphatic carbocycles. The first-order chi connectivity index (χ1) is 9.48. The third-order valence-electron chi connectivity index (χ3n) is 3.38. The molecule has 0 saturated carbocycles. The number of hydrogen-bond donors (Lipinski definition) is 0. The SMILES string of the molecule is FCCN1CCN(Cc2nccn2CC(F)(F)F)CC1. The highest BCUT2D eigenvalue weighted by molar-refractivity contribution is 4.94. The Bertz CT molecular complexity index is 410. The number of rotatable bonds is 5. The van der Waals surface area contributed by atoms with Gasteiger partial charge in [0.05, 0.1) is 6.54 Å². The van der Waals surface area contributed by atoms with Crippen LogP contribution >= 0.6 is 0 Å². The van der Waals surface area contributed by atoms with Crippen molar-refractivity contribution in [3.05, 3.63) is 18.2 Å². The van der Waals surface area contributed by atoms with E-state index < -0.39 is 12.7 Å². The first-order valence-corrected chi connectivity index (χ1v) is 6.55. The van der Waals surface area contributed by atoms with Gasteiger partial charge in [-0.15, -0.1) is 0 Å². The average Bonchev–Trinajstić information content (AvgIpc) is 2.77. The van der Waals surface area contributed by atoms with Crippen LogP contribution in [0.4, 0.5) is 17.6 Å². The third-order valence-corrected chi connectivity index (χ3v) is 3.38. The van der Waals surface area contributed by atoms with Crippen LogP contribution in [-0.2, 0) is 13.1 Å². The van der Waals surface area contributed by atoms with Crippen molar-refractivity contribution in [1.29, 1.82) is 0 Å². The van der Waals surface area contributed by atoms with Crippen LogP contribution in [0.5, 0.6) is 0 Å². The van der Waals surface area contributed by atoms with E-state index in [1.165, 1.54) is 12.4 Å². The maximum atomic E-state index is 12.4. The molecule has 0 bridgehead atoms. The van der Waals surface area contributed by atoms with Crippen LogP contribution in [0, 0.1) is 0 Å². The molecule has 1 aliphatic rings. The monoisotopic (exact) mass is 294 g/mol. The van der Waals surface area contributed by atoms with E-state index in [1.807, 2.05) is 9.80 Å². The number of imidazole rings is 1. The molecule has 1 aromatic rings. The largest absolute Gasteiger partial charge is 0.406 e. The lowest BCUT2D eigenvalue weighted by molar-refractivity contribution is -0.141. The topological polar surface area (TPSA) is 24.3 Å². The molecule has 0 unspecified atom stereocenters. The zero-order valence-corrected chi connectivity index (χ0v) is 11.1. The normalized spacial score (nSPS) is 18.6. The van der Waals surface area contributed by atoms with Crippen molar-refractivity contribution in [1.82, 2.24) is 19.4 Å². The molecule has 1 fully saturated rings. The van der Waals surface area contributed by atoms with Gasteiger partial charge in [0.1, 0.15) is 19.0 Å². The second kappa shape index (κ2) is 6.53. The lowest BCUT2D eigenvalue weighted by atomic mass is 10.3. The lowest BCUT2D eigenvalue weighted by Gasteiger charge is -2.33. The fraction of sp³-hybridized carbons (Fsp3) is 0.750. The van der Waals surface area contributed by atoms with E-state index in [1.54, 1.807) is 0 Å². The molecule has 4 nitrogen and oxygen atoms in total. The van der Waals surface area contributed by atoms with Gasteiger partial charge in [0.15, 0.2) is 0 Å². The van der Waals surface area contributed by atoms with Crippen molar-refractivity contribution in [2.24, 2.45) is 0 Å². The molecule has 2 rings (SSSR count). The summed E-state index contributed by atoms with van der Waals surface area (Å²) >= 11 is 0. The zero-order valence-electron chi connectivity index (χ0n) is 11.1. The van der Waals surface area contributed by atoms with Crippen LogP contribution in [0.2, 0.25) is 0 Å². The Morgan fingerprint density at radius 1 is 1.10 bits per heavy atom.